The molecule has 9 nitrogen and oxygen atoms in total. The molecule has 3 fully saturated rings. The SMILES string of the molecule is O=C(O)C=CC(=O)O.c1cc2cc(-c3ccc(O[C@@H]4CN5CCC4CC5)nn3)ccc2[nH]1. The molecule has 0 radical (unpaired) electrons. The summed E-state index contributed by atoms with van der Waals surface area (Å²) in [4.78, 5) is 24.8. The van der Waals surface area contributed by atoms with E-state index in [1.807, 2.05) is 18.3 Å². The Kier molecular flexibility index (Phi) is 6.46. The Labute approximate surface area is 184 Å². The number of hydrogen-bond donors (Lipinski definition) is 3. The third-order valence-electron chi connectivity index (χ3n) is 5.73. The Morgan fingerprint density at radius 1 is 1.03 bits per heavy atom. The summed E-state index contributed by atoms with van der Waals surface area (Å²) in [5.74, 6) is -1.20. The molecule has 1 atom stereocenters. The number of carbonyl (C=O) groups is 2. The zero-order valence-corrected chi connectivity index (χ0v) is 17.3. The van der Waals surface area contributed by atoms with Gasteiger partial charge in [-0.1, -0.05) is 6.07 Å². The third-order valence-corrected chi connectivity index (χ3v) is 5.73. The largest absolute Gasteiger partial charge is 0.478 e. The first-order valence-electron chi connectivity index (χ1n) is 10.4. The van der Waals surface area contributed by atoms with E-state index in [9.17, 15) is 9.59 Å². The molecule has 0 unspecified atom stereocenters. The fourth-order valence-electron chi connectivity index (χ4n) is 4.09. The second-order valence-corrected chi connectivity index (χ2v) is 7.84. The number of aromatic nitrogens is 3. The summed E-state index contributed by atoms with van der Waals surface area (Å²) in [5, 5.41) is 25.5. The molecule has 0 saturated carbocycles. The van der Waals surface area contributed by atoms with Gasteiger partial charge in [-0.3, -0.25) is 4.90 Å². The number of benzene rings is 1. The van der Waals surface area contributed by atoms with Crippen LogP contribution in [0.4, 0.5) is 0 Å². The number of ether oxygens (including phenoxy) is 1. The van der Waals surface area contributed by atoms with Crippen LogP contribution in [0.15, 0.2) is 54.7 Å². The van der Waals surface area contributed by atoms with Gasteiger partial charge in [0.25, 0.3) is 0 Å². The lowest BCUT2D eigenvalue weighted by atomic mass is 9.86. The van der Waals surface area contributed by atoms with Crippen LogP contribution in [-0.2, 0) is 9.59 Å². The predicted octanol–water partition coefficient (Wildman–Crippen LogP) is 2.81. The quantitative estimate of drug-likeness (QED) is 0.521. The van der Waals surface area contributed by atoms with Gasteiger partial charge in [-0.25, -0.2) is 9.59 Å². The molecule has 0 aliphatic carbocycles. The molecule has 6 rings (SSSR count). The van der Waals surface area contributed by atoms with Crippen molar-refractivity contribution in [2.75, 3.05) is 19.6 Å². The summed E-state index contributed by atoms with van der Waals surface area (Å²) in [5.41, 5.74) is 3.08. The zero-order chi connectivity index (χ0) is 22.5. The molecule has 5 heterocycles. The summed E-state index contributed by atoms with van der Waals surface area (Å²) >= 11 is 0. The number of hydrogen-bond acceptors (Lipinski definition) is 6. The number of fused-ring (bicyclic) bond motifs is 4. The van der Waals surface area contributed by atoms with Crippen LogP contribution >= 0.6 is 0 Å². The first-order valence-corrected chi connectivity index (χ1v) is 10.4. The standard InChI is InChI=1S/C19H20N4O.C4H4O4/c1-2-16-15(5-8-20-16)11-14(1)17-3-4-19(22-21-17)24-18-12-23-9-6-13(18)7-10-23;5-3(6)1-2-4(7)8/h1-5,8,11,13,18,20H,6-7,9-10,12H2;1-2H,(H,5,6)(H,7,8)/t18-;/m1./s1. The highest BCUT2D eigenvalue weighted by atomic mass is 16.5. The lowest BCUT2D eigenvalue weighted by molar-refractivity contribution is -0.134. The van der Waals surface area contributed by atoms with E-state index in [0.717, 1.165) is 23.3 Å². The molecular formula is C23H24N4O5. The Hall–Kier alpha value is -3.72. The average Bonchev–Trinajstić information content (AvgIpc) is 3.27. The van der Waals surface area contributed by atoms with Crippen molar-refractivity contribution in [2.45, 2.75) is 18.9 Å². The van der Waals surface area contributed by atoms with Crippen LogP contribution in [0.1, 0.15) is 12.8 Å². The van der Waals surface area contributed by atoms with Gasteiger partial charge in [-0.05, 0) is 56.1 Å². The van der Waals surface area contributed by atoms with Gasteiger partial charge >= 0.3 is 11.9 Å². The maximum atomic E-state index is 9.55. The van der Waals surface area contributed by atoms with E-state index >= 15 is 0 Å². The number of nitrogens with one attached hydrogen (secondary N) is 1. The highest BCUT2D eigenvalue weighted by molar-refractivity contribution is 5.89. The van der Waals surface area contributed by atoms with Crippen LogP contribution in [0.3, 0.4) is 0 Å². The summed E-state index contributed by atoms with van der Waals surface area (Å²) in [7, 11) is 0. The summed E-state index contributed by atoms with van der Waals surface area (Å²) in [6.07, 6.45) is 5.82. The number of aliphatic carboxylic acids is 2. The minimum Gasteiger partial charge on any atom is -0.478 e. The fraction of sp³-hybridized carbons (Fsp3) is 0.304. The van der Waals surface area contributed by atoms with Gasteiger partial charge in [0.2, 0.25) is 5.88 Å². The fourth-order valence-corrected chi connectivity index (χ4v) is 4.09. The first kappa shape index (κ1) is 21.5. The summed E-state index contributed by atoms with van der Waals surface area (Å²) in [6, 6.07) is 12.3. The van der Waals surface area contributed by atoms with E-state index in [0.29, 0.717) is 23.9 Å². The van der Waals surface area contributed by atoms with Crippen molar-refractivity contribution in [3.63, 3.8) is 0 Å². The second kappa shape index (κ2) is 9.61. The lowest BCUT2D eigenvalue weighted by Gasteiger charge is -2.44. The van der Waals surface area contributed by atoms with Crippen molar-refractivity contribution in [1.82, 2.24) is 20.1 Å². The van der Waals surface area contributed by atoms with Gasteiger partial charge in [0, 0.05) is 47.4 Å². The molecule has 0 spiro atoms. The van der Waals surface area contributed by atoms with Crippen LogP contribution in [0.25, 0.3) is 22.2 Å². The molecule has 2 bridgehead atoms. The molecule has 3 N–H and O–H groups in total. The molecule has 1 aromatic carbocycles. The highest BCUT2D eigenvalue weighted by Gasteiger charge is 2.35. The van der Waals surface area contributed by atoms with Gasteiger partial charge in [0.1, 0.15) is 6.10 Å². The van der Waals surface area contributed by atoms with Crippen LogP contribution < -0.4 is 4.74 Å². The molecule has 2 aromatic heterocycles. The zero-order valence-electron chi connectivity index (χ0n) is 17.3. The summed E-state index contributed by atoms with van der Waals surface area (Å²) in [6.45, 7) is 3.46. The van der Waals surface area contributed by atoms with E-state index in [1.54, 1.807) is 0 Å². The lowest BCUT2D eigenvalue weighted by Crippen LogP contribution is -2.52. The van der Waals surface area contributed by atoms with Gasteiger partial charge in [-0.15, -0.1) is 10.2 Å². The maximum absolute atomic E-state index is 9.55. The van der Waals surface area contributed by atoms with Gasteiger partial charge in [0.05, 0.1) is 5.69 Å². The van der Waals surface area contributed by atoms with E-state index in [4.69, 9.17) is 14.9 Å². The number of aromatic amines is 1. The number of carboxylic acid groups (broad SMARTS) is 2. The highest BCUT2D eigenvalue weighted by Crippen LogP contribution is 2.30. The Morgan fingerprint density at radius 2 is 1.78 bits per heavy atom. The first-order chi connectivity index (χ1) is 15.5. The molecule has 32 heavy (non-hydrogen) atoms. The van der Waals surface area contributed by atoms with Crippen molar-refractivity contribution in [1.29, 1.82) is 0 Å². The third kappa shape index (κ3) is 5.30. The molecule has 3 saturated heterocycles. The predicted molar refractivity (Wildman–Crippen MR) is 117 cm³/mol. The Bertz CT molecular complexity index is 1100. The topological polar surface area (TPSA) is 129 Å². The number of piperidine rings is 3. The molecular weight excluding hydrogens is 412 g/mol. The monoisotopic (exact) mass is 436 g/mol. The second-order valence-electron chi connectivity index (χ2n) is 7.84. The molecule has 166 valence electrons. The molecule has 3 aliphatic heterocycles. The number of nitrogens with zero attached hydrogens (tertiary/aromatic N) is 3. The number of carboxylic acids is 2. The van der Waals surface area contributed by atoms with E-state index in [-0.39, 0.29) is 6.10 Å². The minimum atomic E-state index is -1.26. The van der Waals surface area contributed by atoms with Crippen molar-refractivity contribution in [2.24, 2.45) is 5.92 Å². The molecule has 3 aromatic rings. The van der Waals surface area contributed by atoms with Crippen molar-refractivity contribution in [3.05, 3.63) is 54.7 Å². The molecule has 0 amide bonds. The normalized spacial score (nSPS) is 21.8. The average molecular weight is 436 g/mol. The van der Waals surface area contributed by atoms with Gasteiger partial charge in [0.15, 0.2) is 0 Å². The Morgan fingerprint density at radius 3 is 2.38 bits per heavy atom. The van der Waals surface area contributed by atoms with Crippen LogP contribution in [-0.4, -0.2) is 68.0 Å². The van der Waals surface area contributed by atoms with Crippen molar-refractivity contribution < 1.29 is 24.5 Å². The van der Waals surface area contributed by atoms with Crippen molar-refractivity contribution in [3.8, 4) is 17.1 Å². The van der Waals surface area contributed by atoms with Gasteiger partial charge in [-0.2, -0.15) is 0 Å². The van der Waals surface area contributed by atoms with E-state index in [2.05, 4.69) is 44.3 Å². The minimum absolute atomic E-state index is 0.267. The summed E-state index contributed by atoms with van der Waals surface area (Å²) < 4.78 is 6.12. The van der Waals surface area contributed by atoms with Crippen LogP contribution in [0.2, 0.25) is 0 Å². The number of H-pyrrole nitrogens is 1. The molecule has 3 aliphatic rings. The van der Waals surface area contributed by atoms with Crippen LogP contribution in [0.5, 0.6) is 5.88 Å². The molecule has 9 heteroatoms. The van der Waals surface area contributed by atoms with Crippen molar-refractivity contribution >= 4 is 22.8 Å². The Balaban J connectivity index is 0.000000265. The van der Waals surface area contributed by atoms with Crippen LogP contribution in [0, 0.1) is 5.92 Å². The van der Waals surface area contributed by atoms with E-state index in [1.165, 1.54) is 31.3 Å². The van der Waals surface area contributed by atoms with E-state index < -0.39 is 11.9 Å². The smallest absolute Gasteiger partial charge is 0.328 e. The maximum Gasteiger partial charge on any atom is 0.328 e. The number of rotatable bonds is 5. The van der Waals surface area contributed by atoms with Gasteiger partial charge < -0.3 is 19.9 Å².